The van der Waals surface area contributed by atoms with Gasteiger partial charge < -0.3 is 10.4 Å². The van der Waals surface area contributed by atoms with Crippen molar-refractivity contribution in [1.82, 2.24) is 5.32 Å². The van der Waals surface area contributed by atoms with Crippen LogP contribution in [0.5, 0.6) is 5.75 Å². The maximum absolute atomic E-state index is 12.0. The predicted octanol–water partition coefficient (Wildman–Crippen LogP) is 3.13. The Labute approximate surface area is 120 Å². The molecule has 0 saturated heterocycles. The van der Waals surface area contributed by atoms with E-state index in [1.807, 2.05) is 36.4 Å². The van der Waals surface area contributed by atoms with Gasteiger partial charge in [-0.2, -0.15) is 0 Å². The van der Waals surface area contributed by atoms with E-state index in [9.17, 15) is 9.90 Å². The average Bonchev–Trinajstić information content (AvgIpc) is 2.32. The summed E-state index contributed by atoms with van der Waals surface area (Å²) in [6.45, 7) is 3.86. The maximum Gasteiger partial charge on any atom is 0.251 e. The van der Waals surface area contributed by atoms with Gasteiger partial charge in [0.05, 0.1) is 9.11 Å². The van der Waals surface area contributed by atoms with Crippen molar-refractivity contribution < 1.29 is 9.90 Å². The quantitative estimate of drug-likeness (QED) is 0.634. The molecule has 5 heteroatoms. The van der Waals surface area contributed by atoms with E-state index in [-0.39, 0.29) is 11.7 Å². The summed E-state index contributed by atoms with van der Waals surface area (Å²) in [6, 6.07) is 4.84. The summed E-state index contributed by atoms with van der Waals surface area (Å²) in [7, 11) is 0. The lowest BCUT2D eigenvalue weighted by molar-refractivity contribution is 0.0912. The Morgan fingerprint density at radius 3 is 2.71 bits per heavy atom. The van der Waals surface area contributed by atoms with E-state index in [4.69, 9.17) is 11.6 Å². The number of phenolic OH excluding ortho intramolecular Hbond substituents is 1. The first-order chi connectivity index (χ1) is 7.91. The van der Waals surface area contributed by atoms with Crippen molar-refractivity contribution in [2.45, 2.75) is 25.8 Å². The van der Waals surface area contributed by atoms with Crippen molar-refractivity contribution in [3.8, 4) is 5.75 Å². The molecule has 1 rings (SSSR count). The largest absolute Gasteiger partial charge is 0.507 e. The molecule has 3 nitrogen and oxygen atoms in total. The van der Waals surface area contributed by atoms with Gasteiger partial charge in [-0.3, -0.25) is 4.79 Å². The lowest BCUT2D eigenvalue weighted by Gasteiger charge is -2.27. The first-order valence-corrected chi connectivity index (χ1v) is 6.90. The molecule has 0 spiro atoms. The van der Waals surface area contributed by atoms with E-state index in [0.717, 1.165) is 9.99 Å². The molecule has 0 fully saturated rings. The minimum atomic E-state index is -0.419. The number of hydrogen-bond acceptors (Lipinski definition) is 2. The van der Waals surface area contributed by atoms with Gasteiger partial charge in [-0.1, -0.05) is 6.92 Å². The van der Waals surface area contributed by atoms with Gasteiger partial charge >= 0.3 is 0 Å². The zero-order chi connectivity index (χ0) is 13.1. The van der Waals surface area contributed by atoms with Crippen molar-refractivity contribution in [1.29, 1.82) is 0 Å². The summed E-state index contributed by atoms with van der Waals surface area (Å²) in [5, 5.41) is 12.4. The van der Waals surface area contributed by atoms with Crippen LogP contribution >= 0.6 is 34.2 Å². The third kappa shape index (κ3) is 3.74. The molecule has 1 aromatic carbocycles. The molecule has 0 saturated carbocycles. The van der Waals surface area contributed by atoms with E-state index in [0.29, 0.717) is 11.4 Å². The summed E-state index contributed by atoms with van der Waals surface area (Å²) in [6.07, 6.45) is 0.749. The molecule has 0 heterocycles. The summed E-state index contributed by atoms with van der Waals surface area (Å²) in [5.74, 6) is 0.245. The van der Waals surface area contributed by atoms with Crippen LogP contribution < -0.4 is 5.32 Å². The van der Waals surface area contributed by atoms with Crippen LogP contribution in [0.1, 0.15) is 30.6 Å². The molecule has 17 heavy (non-hydrogen) atoms. The lowest BCUT2D eigenvalue weighted by Crippen LogP contribution is -2.47. The van der Waals surface area contributed by atoms with E-state index in [2.05, 4.69) is 5.32 Å². The number of amides is 1. The molecule has 0 bridgehead atoms. The first kappa shape index (κ1) is 14.6. The summed E-state index contributed by atoms with van der Waals surface area (Å²) in [4.78, 5) is 12.0. The minimum Gasteiger partial charge on any atom is -0.507 e. The molecular formula is C12H15ClINO2. The number of benzene rings is 1. The van der Waals surface area contributed by atoms with Gasteiger partial charge in [0.15, 0.2) is 0 Å². The van der Waals surface area contributed by atoms with Gasteiger partial charge in [0.2, 0.25) is 0 Å². The number of carbonyl (C=O) groups excluding carboxylic acids is 1. The maximum atomic E-state index is 12.0. The number of nitrogens with one attached hydrogen (secondary N) is 1. The number of aromatic hydroxyl groups is 1. The van der Waals surface area contributed by atoms with Gasteiger partial charge in [-0.15, -0.1) is 11.6 Å². The Hall–Kier alpha value is -0.490. The predicted molar refractivity (Wildman–Crippen MR) is 77.7 cm³/mol. The Kier molecular flexibility index (Phi) is 5.06. The fraction of sp³-hybridized carbons (Fsp3) is 0.417. The summed E-state index contributed by atoms with van der Waals surface area (Å²) >= 11 is 7.84. The van der Waals surface area contributed by atoms with Crippen LogP contribution in [0.2, 0.25) is 0 Å². The van der Waals surface area contributed by atoms with Crippen LogP contribution in [0, 0.1) is 3.57 Å². The second-order valence-electron chi connectivity index (χ2n) is 4.17. The highest BCUT2D eigenvalue weighted by Gasteiger charge is 2.23. The second-order valence-corrected chi connectivity index (χ2v) is 5.60. The van der Waals surface area contributed by atoms with Crippen LogP contribution in [0.3, 0.4) is 0 Å². The monoisotopic (exact) mass is 367 g/mol. The smallest absolute Gasteiger partial charge is 0.251 e. The minimum absolute atomic E-state index is 0.113. The van der Waals surface area contributed by atoms with Crippen molar-refractivity contribution in [3.05, 3.63) is 27.3 Å². The third-order valence-electron chi connectivity index (χ3n) is 2.70. The SMILES string of the molecule is CCC(C)(CCl)NC(=O)c1ccc(I)c(O)c1. The molecule has 1 amide bonds. The molecule has 1 unspecified atom stereocenters. The van der Waals surface area contributed by atoms with Crippen molar-refractivity contribution in [2.24, 2.45) is 0 Å². The molecule has 0 aromatic heterocycles. The van der Waals surface area contributed by atoms with Crippen molar-refractivity contribution in [2.75, 3.05) is 5.88 Å². The molecule has 1 atom stereocenters. The molecule has 2 N–H and O–H groups in total. The molecule has 0 aliphatic carbocycles. The zero-order valence-electron chi connectivity index (χ0n) is 9.76. The van der Waals surface area contributed by atoms with Crippen LogP contribution in [0.4, 0.5) is 0 Å². The van der Waals surface area contributed by atoms with Crippen molar-refractivity contribution in [3.63, 3.8) is 0 Å². The Bertz CT molecular complexity index is 419. The Morgan fingerprint density at radius 2 is 2.24 bits per heavy atom. The third-order valence-corrected chi connectivity index (χ3v) is 4.20. The highest BCUT2D eigenvalue weighted by molar-refractivity contribution is 14.1. The Balaban J connectivity index is 2.86. The molecular weight excluding hydrogens is 352 g/mol. The van der Waals surface area contributed by atoms with E-state index < -0.39 is 5.54 Å². The number of rotatable bonds is 4. The number of carbonyl (C=O) groups is 1. The number of halogens is 2. The highest BCUT2D eigenvalue weighted by atomic mass is 127. The standard InChI is InChI=1S/C12H15ClINO2/c1-3-12(2,7-13)15-11(17)8-4-5-9(14)10(16)6-8/h4-6,16H,3,7H2,1-2H3,(H,15,17). The van der Waals surface area contributed by atoms with E-state index in [1.54, 1.807) is 12.1 Å². The molecule has 0 aliphatic heterocycles. The average molecular weight is 368 g/mol. The summed E-state index contributed by atoms with van der Waals surface area (Å²) < 4.78 is 0.717. The lowest BCUT2D eigenvalue weighted by atomic mass is 10.0. The number of hydrogen-bond donors (Lipinski definition) is 2. The van der Waals surface area contributed by atoms with E-state index >= 15 is 0 Å². The van der Waals surface area contributed by atoms with Gasteiger partial charge in [-0.05, 0) is 54.1 Å². The van der Waals surface area contributed by atoms with Crippen molar-refractivity contribution >= 4 is 40.1 Å². The zero-order valence-corrected chi connectivity index (χ0v) is 12.7. The van der Waals surface area contributed by atoms with Crippen LogP contribution in [-0.2, 0) is 0 Å². The van der Waals surface area contributed by atoms with Gasteiger partial charge in [-0.25, -0.2) is 0 Å². The number of alkyl halides is 1. The molecule has 0 radical (unpaired) electrons. The van der Waals surface area contributed by atoms with Gasteiger partial charge in [0.1, 0.15) is 5.75 Å². The second kappa shape index (κ2) is 5.91. The van der Waals surface area contributed by atoms with Crippen LogP contribution in [0.15, 0.2) is 18.2 Å². The number of phenols is 1. The Morgan fingerprint density at radius 1 is 1.59 bits per heavy atom. The topological polar surface area (TPSA) is 49.3 Å². The van der Waals surface area contributed by atoms with Crippen LogP contribution in [0.25, 0.3) is 0 Å². The van der Waals surface area contributed by atoms with E-state index in [1.165, 1.54) is 6.07 Å². The first-order valence-electron chi connectivity index (χ1n) is 5.29. The fourth-order valence-corrected chi connectivity index (χ4v) is 1.81. The normalized spacial score (nSPS) is 14.1. The molecule has 94 valence electrons. The van der Waals surface area contributed by atoms with Gasteiger partial charge in [0.25, 0.3) is 5.91 Å². The fourth-order valence-electron chi connectivity index (χ4n) is 1.22. The summed E-state index contributed by atoms with van der Waals surface area (Å²) in [5.41, 5.74) is 0.0183. The highest BCUT2D eigenvalue weighted by Crippen LogP contribution is 2.21. The molecule has 1 aromatic rings. The van der Waals surface area contributed by atoms with Crippen LogP contribution in [-0.4, -0.2) is 22.4 Å². The molecule has 0 aliphatic rings. The van der Waals surface area contributed by atoms with Gasteiger partial charge in [0, 0.05) is 11.4 Å².